The van der Waals surface area contributed by atoms with E-state index in [1.54, 1.807) is 23.0 Å². The summed E-state index contributed by atoms with van der Waals surface area (Å²) in [6.07, 6.45) is 13.7. The summed E-state index contributed by atoms with van der Waals surface area (Å²) >= 11 is 0. The first-order chi connectivity index (χ1) is 10.6. The van der Waals surface area contributed by atoms with Gasteiger partial charge in [-0.2, -0.15) is 5.10 Å². The van der Waals surface area contributed by atoms with Crippen molar-refractivity contribution >= 4 is 10.0 Å². The first-order valence-electron chi connectivity index (χ1n) is 7.90. The van der Waals surface area contributed by atoms with Gasteiger partial charge in [0.05, 0.1) is 12.2 Å². The number of nitrogens with zero attached hydrogens (tertiary/aromatic N) is 2. The van der Waals surface area contributed by atoms with E-state index in [1.165, 1.54) is 0 Å². The molecular weight excluding hydrogens is 298 g/mol. The van der Waals surface area contributed by atoms with Gasteiger partial charge >= 0.3 is 0 Å². The maximum absolute atomic E-state index is 12.9. The van der Waals surface area contributed by atoms with E-state index in [0.717, 1.165) is 25.7 Å². The third-order valence-corrected chi connectivity index (χ3v) is 6.23. The van der Waals surface area contributed by atoms with Gasteiger partial charge < -0.3 is 0 Å². The van der Waals surface area contributed by atoms with Crippen LogP contribution in [-0.4, -0.2) is 23.7 Å². The van der Waals surface area contributed by atoms with E-state index in [-0.39, 0.29) is 11.1 Å². The van der Waals surface area contributed by atoms with Crippen molar-refractivity contribution in [2.75, 3.05) is 0 Å². The summed E-state index contributed by atoms with van der Waals surface area (Å²) in [5, 5.41) is 4.56. The molecule has 0 amide bonds. The van der Waals surface area contributed by atoms with Crippen molar-refractivity contribution in [3.05, 3.63) is 37.1 Å². The highest BCUT2D eigenvalue weighted by Crippen LogP contribution is 2.33. The lowest BCUT2D eigenvalue weighted by Crippen LogP contribution is -2.46. The van der Waals surface area contributed by atoms with Gasteiger partial charge in [0.1, 0.15) is 0 Å². The molecule has 0 aliphatic heterocycles. The van der Waals surface area contributed by atoms with Crippen LogP contribution in [0.3, 0.4) is 0 Å². The van der Waals surface area contributed by atoms with E-state index in [1.807, 2.05) is 12.2 Å². The monoisotopic (exact) mass is 321 g/mol. The molecule has 0 unspecified atom stereocenters. The Balaban J connectivity index is 1.87. The van der Waals surface area contributed by atoms with Gasteiger partial charge in [-0.3, -0.25) is 0 Å². The number of sulfonamides is 1. The summed E-state index contributed by atoms with van der Waals surface area (Å²) in [5.41, 5.74) is -0.467. The smallest absolute Gasteiger partial charge is 0.250 e. The average Bonchev–Trinajstić information content (AvgIpc) is 3.20. The van der Waals surface area contributed by atoms with Crippen molar-refractivity contribution in [1.29, 1.82) is 0 Å². The number of aromatic nitrogens is 2. The molecule has 1 N–H and O–H groups in total. The number of hydrogen-bond acceptors (Lipinski definition) is 3. The van der Waals surface area contributed by atoms with E-state index < -0.39 is 15.6 Å². The molecule has 1 aromatic rings. The van der Waals surface area contributed by atoms with Gasteiger partial charge in [0.2, 0.25) is 0 Å². The normalized spacial score (nSPS) is 21.5. The van der Waals surface area contributed by atoms with Crippen molar-refractivity contribution in [2.45, 2.75) is 61.6 Å². The lowest BCUT2D eigenvalue weighted by molar-refractivity contribution is 0.393. The molecule has 0 bridgehead atoms. The average molecular weight is 321 g/mol. The highest BCUT2D eigenvalue weighted by Gasteiger charge is 2.36. The zero-order valence-electron chi connectivity index (χ0n) is 12.7. The molecular formula is C16H23N3O2S. The zero-order valence-corrected chi connectivity index (χ0v) is 13.6. The molecule has 1 fully saturated rings. The fourth-order valence-corrected chi connectivity index (χ4v) is 5.15. The predicted octanol–water partition coefficient (Wildman–Crippen LogP) is 2.94. The Morgan fingerprint density at radius 2 is 2.05 bits per heavy atom. The SMILES string of the molecule is C=CCC1(NS(=O)(=O)c2ccnn2C2CCCC2)CC=CC1. The Morgan fingerprint density at radius 3 is 2.68 bits per heavy atom. The highest BCUT2D eigenvalue weighted by molar-refractivity contribution is 7.89. The summed E-state index contributed by atoms with van der Waals surface area (Å²) < 4.78 is 30.4. The quantitative estimate of drug-likeness (QED) is 0.819. The summed E-state index contributed by atoms with van der Waals surface area (Å²) in [4.78, 5) is 0. The van der Waals surface area contributed by atoms with Crippen LogP contribution < -0.4 is 4.72 Å². The Labute approximate surface area is 132 Å². The third-order valence-electron chi connectivity index (χ3n) is 4.65. The largest absolute Gasteiger partial charge is 0.258 e. The fourth-order valence-electron chi connectivity index (χ4n) is 3.54. The number of hydrogen-bond donors (Lipinski definition) is 1. The van der Waals surface area contributed by atoms with Crippen LogP contribution in [0.5, 0.6) is 0 Å². The number of nitrogens with one attached hydrogen (secondary N) is 1. The minimum absolute atomic E-state index is 0.207. The van der Waals surface area contributed by atoms with Crippen LogP contribution in [0, 0.1) is 0 Å². The Hall–Kier alpha value is -1.40. The van der Waals surface area contributed by atoms with Crippen LogP contribution >= 0.6 is 0 Å². The molecule has 3 rings (SSSR count). The van der Waals surface area contributed by atoms with E-state index in [2.05, 4.69) is 16.4 Å². The van der Waals surface area contributed by atoms with E-state index in [9.17, 15) is 8.42 Å². The van der Waals surface area contributed by atoms with Gasteiger partial charge in [0.25, 0.3) is 10.0 Å². The van der Waals surface area contributed by atoms with Gasteiger partial charge in [-0.1, -0.05) is 31.1 Å². The first kappa shape index (κ1) is 15.5. The Kier molecular flexibility index (Phi) is 4.23. The Bertz CT molecular complexity index is 661. The summed E-state index contributed by atoms with van der Waals surface area (Å²) in [5.74, 6) is 0. The van der Waals surface area contributed by atoms with Crippen LogP contribution in [0.1, 0.15) is 51.0 Å². The molecule has 2 aliphatic carbocycles. The maximum atomic E-state index is 12.9. The summed E-state index contributed by atoms with van der Waals surface area (Å²) in [6, 6.07) is 1.81. The van der Waals surface area contributed by atoms with Crippen LogP contribution in [0.4, 0.5) is 0 Å². The molecule has 0 atom stereocenters. The van der Waals surface area contributed by atoms with E-state index in [0.29, 0.717) is 19.3 Å². The minimum atomic E-state index is -3.59. The summed E-state index contributed by atoms with van der Waals surface area (Å²) in [7, 11) is -3.59. The molecule has 120 valence electrons. The highest BCUT2D eigenvalue weighted by atomic mass is 32.2. The molecule has 6 heteroatoms. The van der Waals surface area contributed by atoms with Crippen LogP contribution in [0.2, 0.25) is 0 Å². The molecule has 0 radical (unpaired) electrons. The van der Waals surface area contributed by atoms with E-state index in [4.69, 9.17) is 0 Å². The topological polar surface area (TPSA) is 64.0 Å². The Morgan fingerprint density at radius 1 is 1.36 bits per heavy atom. The molecule has 1 aromatic heterocycles. The molecule has 0 aromatic carbocycles. The van der Waals surface area contributed by atoms with Crippen molar-refractivity contribution in [3.63, 3.8) is 0 Å². The van der Waals surface area contributed by atoms with Crippen molar-refractivity contribution in [2.24, 2.45) is 0 Å². The molecule has 1 heterocycles. The van der Waals surface area contributed by atoms with Gasteiger partial charge in [0.15, 0.2) is 5.03 Å². The molecule has 5 nitrogen and oxygen atoms in total. The molecule has 22 heavy (non-hydrogen) atoms. The van der Waals surface area contributed by atoms with Crippen LogP contribution in [0.15, 0.2) is 42.1 Å². The van der Waals surface area contributed by atoms with Gasteiger partial charge in [-0.25, -0.2) is 17.8 Å². The fraction of sp³-hybridized carbons (Fsp3) is 0.562. The zero-order chi connectivity index (χ0) is 15.6. The first-order valence-corrected chi connectivity index (χ1v) is 9.38. The summed E-state index contributed by atoms with van der Waals surface area (Å²) in [6.45, 7) is 3.76. The molecule has 1 saturated carbocycles. The minimum Gasteiger partial charge on any atom is -0.250 e. The number of rotatable bonds is 6. The van der Waals surface area contributed by atoms with Crippen LogP contribution in [0.25, 0.3) is 0 Å². The molecule has 0 spiro atoms. The standard InChI is InChI=1S/C16H23N3O2S/c1-2-10-16(11-5-6-12-16)18-22(20,21)15-9-13-17-19(15)14-7-3-4-8-14/h2,5-6,9,13-14,18H,1,3-4,7-8,10-12H2. The second kappa shape index (κ2) is 6.01. The third kappa shape index (κ3) is 2.90. The van der Waals surface area contributed by atoms with Crippen molar-refractivity contribution in [3.8, 4) is 0 Å². The predicted molar refractivity (Wildman–Crippen MR) is 86.0 cm³/mol. The van der Waals surface area contributed by atoms with E-state index >= 15 is 0 Å². The second-order valence-electron chi connectivity index (χ2n) is 6.31. The lowest BCUT2D eigenvalue weighted by atomic mass is 9.94. The molecule has 0 saturated heterocycles. The van der Waals surface area contributed by atoms with Crippen molar-refractivity contribution in [1.82, 2.24) is 14.5 Å². The maximum Gasteiger partial charge on any atom is 0.258 e. The van der Waals surface area contributed by atoms with Gasteiger partial charge in [-0.15, -0.1) is 6.58 Å². The van der Waals surface area contributed by atoms with Crippen molar-refractivity contribution < 1.29 is 8.42 Å². The second-order valence-corrected chi connectivity index (χ2v) is 7.94. The molecule has 2 aliphatic rings. The van der Waals surface area contributed by atoms with Crippen LogP contribution in [-0.2, 0) is 10.0 Å². The lowest BCUT2D eigenvalue weighted by Gasteiger charge is -2.29. The van der Waals surface area contributed by atoms with Gasteiger partial charge in [-0.05, 0) is 38.2 Å². The van der Waals surface area contributed by atoms with Gasteiger partial charge in [0, 0.05) is 5.54 Å².